The summed E-state index contributed by atoms with van der Waals surface area (Å²) in [5.74, 6) is 0.734. The predicted octanol–water partition coefficient (Wildman–Crippen LogP) is 7.39. The number of fused-ring (bicyclic) bond motifs is 1. The molecule has 12 atom stereocenters. The van der Waals surface area contributed by atoms with Crippen LogP contribution < -0.4 is 31.3 Å². The zero-order valence-corrected chi connectivity index (χ0v) is 46.0. The molecule has 0 saturated carbocycles. The normalized spacial score (nSPS) is 27.2. The molecule has 18 nitrogen and oxygen atoms in total. The number of hydrogen-bond acceptors (Lipinski definition) is 14. The lowest BCUT2D eigenvalue weighted by atomic mass is 9.85. The largest absolute Gasteiger partial charge is 0.490 e. The molecule has 5 amide bonds. The van der Waals surface area contributed by atoms with Gasteiger partial charge in [-0.1, -0.05) is 51.5 Å². The van der Waals surface area contributed by atoms with Gasteiger partial charge in [0, 0.05) is 49.1 Å². The van der Waals surface area contributed by atoms with Gasteiger partial charge in [0.05, 0.1) is 80.0 Å². The SMILES string of the molecule is COC(C(C)O)C(C)[C@H]1O[C@]1(C)CC(C)/C=C/C=C(\C)[C@H]1O[C@@H](CC(=O)NCCCCCNC(=O)c2ccc(C3(C(F)(F)F)N=N3)cc2OCCOCCOCNC(=O)CCCC[C@@H]2SC[C@@H]3NC(=O)N[C@@H]32)CC[C@@H]1C. The fourth-order valence-electron chi connectivity index (χ4n) is 10.7. The van der Waals surface area contributed by atoms with Crippen molar-refractivity contribution >= 4 is 35.5 Å². The maximum atomic E-state index is 13.9. The fraction of sp³-hybridized carbons (Fsp3) is 0.741. The van der Waals surface area contributed by atoms with Crippen LogP contribution >= 0.6 is 11.8 Å². The zero-order chi connectivity index (χ0) is 55.0. The number of urea groups is 1. The van der Waals surface area contributed by atoms with Gasteiger partial charge in [-0.05, 0) is 102 Å². The van der Waals surface area contributed by atoms with E-state index in [1.807, 2.05) is 11.8 Å². The number of amides is 5. The Morgan fingerprint density at radius 1 is 0.974 bits per heavy atom. The summed E-state index contributed by atoms with van der Waals surface area (Å²) in [6.45, 7) is 13.4. The number of carbonyl (C=O) groups is 4. The fourth-order valence-corrected chi connectivity index (χ4v) is 12.3. The molecular weight excluding hydrogens is 1010 g/mol. The van der Waals surface area contributed by atoms with Gasteiger partial charge in [0.25, 0.3) is 5.91 Å². The van der Waals surface area contributed by atoms with Crippen molar-refractivity contribution in [3.8, 4) is 5.75 Å². The quantitative estimate of drug-likeness (QED) is 0.0133. The summed E-state index contributed by atoms with van der Waals surface area (Å²) in [4.78, 5) is 50.1. The van der Waals surface area contributed by atoms with E-state index in [0.717, 1.165) is 55.9 Å². The van der Waals surface area contributed by atoms with Gasteiger partial charge in [-0.2, -0.15) is 24.9 Å². The number of nitrogens with one attached hydrogen (secondary N) is 5. The number of nitrogens with zero attached hydrogens (tertiary/aromatic N) is 2. The molecular formula is C54H82F3N7O11S. The second-order valence-corrected chi connectivity index (χ2v) is 22.6. The number of benzene rings is 1. The first-order valence-corrected chi connectivity index (χ1v) is 28.1. The number of halogens is 3. The summed E-state index contributed by atoms with van der Waals surface area (Å²) in [5, 5.41) is 31.5. The number of hydrogen-bond donors (Lipinski definition) is 6. The van der Waals surface area contributed by atoms with Crippen LogP contribution in [0.15, 0.2) is 52.2 Å². The number of ether oxygens (including phenoxy) is 6. The molecule has 1 aromatic rings. The number of methoxy groups -OCH3 is 1. The molecule has 4 saturated heterocycles. The Hall–Kier alpha value is -4.32. The molecule has 5 aliphatic heterocycles. The van der Waals surface area contributed by atoms with Crippen LogP contribution in [0.2, 0.25) is 0 Å². The Morgan fingerprint density at radius 2 is 1.71 bits per heavy atom. The van der Waals surface area contributed by atoms with Crippen LogP contribution in [0.3, 0.4) is 0 Å². The maximum Gasteiger partial charge on any atom is 0.442 e. The first-order chi connectivity index (χ1) is 36.2. The van der Waals surface area contributed by atoms with E-state index in [1.54, 1.807) is 14.0 Å². The minimum Gasteiger partial charge on any atom is -0.490 e. The van der Waals surface area contributed by atoms with Crippen LogP contribution in [0.4, 0.5) is 18.0 Å². The minimum atomic E-state index is -4.77. The minimum absolute atomic E-state index is 0.00930. The first-order valence-electron chi connectivity index (χ1n) is 27.1. The molecule has 0 bridgehead atoms. The summed E-state index contributed by atoms with van der Waals surface area (Å²) in [7, 11) is 1.62. The number of rotatable bonds is 33. The van der Waals surface area contributed by atoms with Crippen LogP contribution in [0.25, 0.3) is 0 Å². The highest BCUT2D eigenvalue weighted by molar-refractivity contribution is 8.00. The molecule has 4 fully saturated rings. The zero-order valence-electron chi connectivity index (χ0n) is 45.2. The Labute approximate surface area is 449 Å². The highest BCUT2D eigenvalue weighted by Gasteiger charge is 2.65. The van der Waals surface area contributed by atoms with Crippen molar-refractivity contribution in [3.05, 3.63) is 53.1 Å². The smallest absolute Gasteiger partial charge is 0.442 e. The van der Waals surface area contributed by atoms with E-state index in [1.165, 1.54) is 12.1 Å². The van der Waals surface area contributed by atoms with Gasteiger partial charge in [-0.25, -0.2) is 4.79 Å². The van der Waals surface area contributed by atoms with Crippen molar-refractivity contribution < 1.29 is 65.9 Å². The van der Waals surface area contributed by atoms with E-state index in [2.05, 4.69) is 89.7 Å². The number of unbranched alkanes of at least 4 members (excludes halogenated alkanes) is 3. The van der Waals surface area contributed by atoms with Crippen LogP contribution in [0, 0.1) is 17.8 Å². The van der Waals surface area contributed by atoms with E-state index in [0.29, 0.717) is 49.9 Å². The molecule has 426 valence electrons. The standard InChI is InChI=1S/C54H82F3N7O11S/c1-33(30-52(6)49(75-52)36(4)48(70-7)37(5)65)14-13-15-34(2)47-35(3)18-20-39(74-47)29-45(67)58-22-11-8-12-23-59-50(68)40-21-19-38(53(63-64-53)54(55,56)57)28-42(40)73-27-26-71-24-25-72-32-60-44(66)17-10-9-16-43-46-41(31-76-43)61-51(69)62-46/h13-15,19,21,28,33,35-37,39,41,43,46-49,65H,8-12,16-18,20,22-27,29-32H2,1-7H3,(H,58,67)(H,59,68)(H,60,66)(H2,61,62,69)/b14-13+,34-15+/t33?,35-,36?,37?,39+,41-,43-,46-,47+,48?,49+,52+/m0/s1. The predicted molar refractivity (Wildman–Crippen MR) is 281 cm³/mol. The third-order valence-electron chi connectivity index (χ3n) is 15.0. The second kappa shape index (κ2) is 28.5. The molecule has 1 aromatic carbocycles. The van der Waals surface area contributed by atoms with E-state index < -0.39 is 23.9 Å². The summed E-state index contributed by atoms with van der Waals surface area (Å²) in [5.41, 5.74) is -2.09. The number of carbonyl (C=O) groups excluding carboxylic acids is 4. The molecule has 6 N–H and O–H groups in total. The molecule has 6 rings (SSSR count). The van der Waals surface area contributed by atoms with Crippen molar-refractivity contribution in [3.63, 3.8) is 0 Å². The highest BCUT2D eigenvalue weighted by Crippen LogP contribution is 2.53. The number of alkyl halides is 3. The van der Waals surface area contributed by atoms with Gasteiger partial charge in [0.2, 0.25) is 11.8 Å². The summed E-state index contributed by atoms with van der Waals surface area (Å²) in [6.07, 6.45) is 8.18. The van der Waals surface area contributed by atoms with Crippen molar-refractivity contribution in [1.29, 1.82) is 0 Å². The second-order valence-electron chi connectivity index (χ2n) is 21.3. The van der Waals surface area contributed by atoms with Crippen LogP contribution in [0.5, 0.6) is 5.75 Å². The van der Waals surface area contributed by atoms with Crippen LogP contribution in [0.1, 0.15) is 128 Å². The Kier molecular flexibility index (Phi) is 22.9. The first kappa shape index (κ1) is 60.9. The van der Waals surface area contributed by atoms with Crippen molar-refractivity contribution in [2.75, 3.05) is 59.1 Å². The molecule has 0 aromatic heterocycles. The van der Waals surface area contributed by atoms with Crippen molar-refractivity contribution in [2.45, 2.75) is 177 Å². The monoisotopic (exact) mass is 1090 g/mol. The van der Waals surface area contributed by atoms with Gasteiger partial charge < -0.3 is 60.1 Å². The number of aliphatic hydroxyl groups excluding tert-OH is 1. The van der Waals surface area contributed by atoms with Gasteiger partial charge in [0.15, 0.2) is 0 Å². The van der Waals surface area contributed by atoms with E-state index in [4.69, 9.17) is 28.4 Å². The molecule has 5 aliphatic rings. The molecule has 5 heterocycles. The van der Waals surface area contributed by atoms with Crippen LogP contribution in [-0.2, 0) is 38.9 Å². The molecule has 4 unspecified atom stereocenters. The van der Waals surface area contributed by atoms with Gasteiger partial charge in [0.1, 0.15) is 19.1 Å². The van der Waals surface area contributed by atoms with Gasteiger partial charge in [-0.3, -0.25) is 14.4 Å². The molecule has 22 heteroatoms. The number of thioether (sulfide) groups is 1. The Bertz CT molecular complexity index is 2180. The highest BCUT2D eigenvalue weighted by atomic mass is 32.2. The average molecular weight is 1090 g/mol. The topological polar surface area (TPSA) is 232 Å². The Balaban J connectivity index is 0.829. The summed E-state index contributed by atoms with van der Waals surface area (Å²) in [6, 6.07) is 3.77. The third kappa shape index (κ3) is 17.3. The van der Waals surface area contributed by atoms with Crippen molar-refractivity contribution in [2.24, 2.45) is 28.0 Å². The average Bonchev–Trinajstić information content (AvgIpc) is 4.30. The lowest BCUT2D eigenvalue weighted by Crippen LogP contribution is -2.38. The number of aliphatic hydroxyl groups is 1. The Morgan fingerprint density at radius 3 is 2.43 bits per heavy atom. The number of epoxide rings is 1. The van der Waals surface area contributed by atoms with E-state index in [9.17, 15) is 37.5 Å². The van der Waals surface area contributed by atoms with Crippen molar-refractivity contribution in [1.82, 2.24) is 26.6 Å². The molecule has 0 radical (unpaired) electrons. The van der Waals surface area contributed by atoms with E-state index in [-0.39, 0.29) is 128 Å². The molecule has 76 heavy (non-hydrogen) atoms. The maximum absolute atomic E-state index is 13.9. The number of allylic oxidation sites excluding steroid dienone is 3. The van der Waals surface area contributed by atoms with E-state index >= 15 is 0 Å². The van der Waals surface area contributed by atoms with Crippen LogP contribution in [-0.4, -0.2) is 148 Å². The lowest BCUT2D eigenvalue weighted by molar-refractivity contribution is -0.166. The molecule has 0 aliphatic carbocycles. The van der Waals surface area contributed by atoms with Gasteiger partial charge >= 0.3 is 17.9 Å². The summed E-state index contributed by atoms with van der Waals surface area (Å²) >= 11 is 1.84. The summed E-state index contributed by atoms with van der Waals surface area (Å²) < 4.78 is 76.6. The molecule has 0 spiro atoms. The lowest BCUT2D eigenvalue weighted by Gasteiger charge is -2.35. The third-order valence-corrected chi connectivity index (χ3v) is 16.5. The van der Waals surface area contributed by atoms with Gasteiger partial charge in [-0.15, -0.1) is 10.2 Å².